The van der Waals surface area contributed by atoms with Crippen molar-refractivity contribution in [3.63, 3.8) is 0 Å². The molecule has 0 unspecified atom stereocenters. The largest absolute Gasteiger partial charge is 0.481 e. The molecule has 0 spiro atoms. The number of hydrogen-bond donors (Lipinski definition) is 2. The van der Waals surface area contributed by atoms with E-state index < -0.39 is 11.4 Å². The maximum absolute atomic E-state index is 12.4. The summed E-state index contributed by atoms with van der Waals surface area (Å²) in [5.41, 5.74) is -0.201. The SMILES string of the molecule is CC(C)(CCNC(=O)C1(Cc2ccccc2Cl)CC1)C(=O)O. The molecule has 2 N–H and O–H groups in total. The highest BCUT2D eigenvalue weighted by atomic mass is 35.5. The summed E-state index contributed by atoms with van der Waals surface area (Å²) in [5.74, 6) is -0.840. The minimum absolute atomic E-state index is 0.00797. The Morgan fingerprint density at radius 1 is 1.32 bits per heavy atom. The van der Waals surface area contributed by atoms with Crippen LogP contribution in [0.4, 0.5) is 0 Å². The van der Waals surface area contributed by atoms with E-state index >= 15 is 0 Å². The summed E-state index contributed by atoms with van der Waals surface area (Å²) in [4.78, 5) is 23.5. The van der Waals surface area contributed by atoms with E-state index in [1.807, 2.05) is 24.3 Å². The van der Waals surface area contributed by atoms with Crippen LogP contribution in [0.15, 0.2) is 24.3 Å². The molecule has 1 amide bonds. The number of carbonyl (C=O) groups excluding carboxylic acids is 1. The highest BCUT2D eigenvalue weighted by Crippen LogP contribution is 2.49. The van der Waals surface area contributed by atoms with Gasteiger partial charge in [0.1, 0.15) is 0 Å². The molecule has 4 nitrogen and oxygen atoms in total. The number of rotatable bonds is 7. The van der Waals surface area contributed by atoms with Crippen LogP contribution in [0, 0.1) is 10.8 Å². The fourth-order valence-electron chi connectivity index (χ4n) is 2.42. The van der Waals surface area contributed by atoms with E-state index in [0.717, 1.165) is 18.4 Å². The molecule has 0 atom stereocenters. The lowest BCUT2D eigenvalue weighted by Crippen LogP contribution is -2.37. The average Bonchev–Trinajstić information content (AvgIpc) is 3.22. The summed E-state index contributed by atoms with van der Waals surface area (Å²) in [6.07, 6.45) is 2.76. The zero-order chi connectivity index (χ0) is 16.4. The topological polar surface area (TPSA) is 66.4 Å². The van der Waals surface area contributed by atoms with Crippen LogP contribution in [0.25, 0.3) is 0 Å². The van der Waals surface area contributed by atoms with Gasteiger partial charge in [-0.25, -0.2) is 0 Å². The third-order valence-corrected chi connectivity index (χ3v) is 4.81. The first-order valence-corrected chi connectivity index (χ1v) is 7.90. The number of carboxylic acids is 1. The second-order valence-electron chi connectivity index (χ2n) is 6.74. The van der Waals surface area contributed by atoms with Gasteiger partial charge in [-0.3, -0.25) is 9.59 Å². The average molecular weight is 324 g/mol. The Morgan fingerprint density at radius 2 is 1.95 bits per heavy atom. The van der Waals surface area contributed by atoms with E-state index in [2.05, 4.69) is 5.32 Å². The van der Waals surface area contributed by atoms with Crippen molar-refractivity contribution in [3.8, 4) is 0 Å². The molecule has 22 heavy (non-hydrogen) atoms. The highest BCUT2D eigenvalue weighted by Gasteiger charge is 2.49. The fraction of sp³-hybridized carbons (Fsp3) is 0.529. The van der Waals surface area contributed by atoms with E-state index in [0.29, 0.717) is 24.4 Å². The number of amides is 1. The molecule has 0 bridgehead atoms. The summed E-state index contributed by atoms with van der Waals surface area (Å²) in [5, 5.41) is 12.7. The minimum Gasteiger partial charge on any atom is -0.481 e. The smallest absolute Gasteiger partial charge is 0.309 e. The van der Waals surface area contributed by atoms with Gasteiger partial charge >= 0.3 is 5.97 Å². The van der Waals surface area contributed by atoms with Gasteiger partial charge in [0, 0.05) is 11.6 Å². The van der Waals surface area contributed by atoms with Crippen LogP contribution in [-0.2, 0) is 16.0 Å². The lowest BCUT2D eigenvalue weighted by atomic mass is 9.89. The predicted octanol–water partition coefficient (Wildman–Crippen LogP) is 3.28. The van der Waals surface area contributed by atoms with Gasteiger partial charge in [0.15, 0.2) is 0 Å². The number of aliphatic carboxylic acids is 1. The van der Waals surface area contributed by atoms with Crippen LogP contribution in [0.2, 0.25) is 5.02 Å². The number of halogens is 1. The Bertz CT molecular complexity index is 579. The van der Waals surface area contributed by atoms with E-state index in [1.54, 1.807) is 13.8 Å². The number of carboxylic acid groups (broad SMARTS) is 1. The van der Waals surface area contributed by atoms with Crippen molar-refractivity contribution in [2.45, 2.75) is 39.5 Å². The molecule has 1 saturated carbocycles. The lowest BCUT2D eigenvalue weighted by Gasteiger charge is -2.21. The fourth-order valence-corrected chi connectivity index (χ4v) is 2.63. The summed E-state index contributed by atoms with van der Waals surface area (Å²) in [6, 6.07) is 7.58. The van der Waals surface area contributed by atoms with Crippen molar-refractivity contribution >= 4 is 23.5 Å². The number of carbonyl (C=O) groups is 2. The summed E-state index contributed by atoms with van der Waals surface area (Å²) in [7, 11) is 0. The van der Waals surface area contributed by atoms with Crippen LogP contribution < -0.4 is 5.32 Å². The molecular weight excluding hydrogens is 302 g/mol. The Hall–Kier alpha value is -1.55. The van der Waals surface area contributed by atoms with E-state index in [-0.39, 0.29) is 11.3 Å². The monoisotopic (exact) mass is 323 g/mol. The molecule has 1 aromatic rings. The lowest BCUT2D eigenvalue weighted by molar-refractivity contribution is -0.147. The second kappa shape index (κ2) is 6.29. The summed E-state index contributed by atoms with van der Waals surface area (Å²) in [6.45, 7) is 3.71. The van der Waals surface area contributed by atoms with Gasteiger partial charge in [-0.1, -0.05) is 29.8 Å². The van der Waals surface area contributed by atoms with Crippen molar-refractivity contribution in [3.05, 3.63) is 34.9 Å². The van der Waals surface area contributed by atoms with Gasteiger partial charge in [-0.15, -0.1) is 0 Å². The molecule has 1 aliphatic rings. The second-order valence-corrected chi connectivity index (χ2v) is 7.15. The quantitative estimate of drug-likeness (QED) is 0.809. The van der Waals surface area contributed by atoms with Gasteiger partial charge in [0.05, 0.1) is 10.8 Å². The maximum atomic E-state index is 12.4. The number of hydrogen-bond acceptors (Lipinski definition) is 2. The van der Waals surface area contributed by atoms with E-state index in [4.69, 9.17) is 16.7 Å². The van der Waals surface area contributed by atoms with Crippen molar-refractivity contribution in [2.24, 2.45) is 10.8 Å². The van der Waals surface area contributed by atoms with Crippen molar-refractivity contribution in [1.82, 2.24) is 5.32 Å². The summed E-state index contributed by atoms with van der Waals surface area (Å²) < 4.78 is 0. The molecular formula is C17H22ClNO3. The normalized spacial score (nSPS) is 16.1. The standard InChI is InChI=1S/C17H22ClNO3/c1-16(2,15(21)22)9-10-19-14(20)17(7-8-17)11-12-5-3-4-6-13(12)18/h3-6H,7-11H2,1-2H3,(H,19,20)(H,21,22). The molecule has 1 aromatic carbocycles. The van der Waals surface area contributed by atoms with Crippen LogP contribution in [0.3, 0.4) is 0 Å². The third kappa shape index (κ3) is 3.80. The third-order valence-electron chi connectivity index (χ3n) is 4.44. The molecule has 5 heteroatoms. The highest BCUT2D eigenvalue weighted by molar-refractivity contribution is 6.31. The molecule has 120 valence electrons. The van der Waals surface area contributed by atoms with Gasteiger partial charge in [0.25, 0.3) is 0 Å². The number of nitrogens with one attached hydrogen (secondary N) is 1. The predicted molar refractivity (Wildman–Crippen MR) is 85.9 cm³/mol. The first-order valence-electron chi connectivity index (χ1n) is 7.52. The van der Waals surface area contributed by atoms with Crippen LogP contribution in [0.1, 0.15) is 38.7 Å². The first-order chi connectivity index (χ1) is 10.3. The van der Waals surface area contributed by atoms with Crippen molar-refractivity contribution in [2.75, 3.05) is 6.54 Å². The Balaban J connectivity index is 1.90. The van der Waals surface area contributed by atoms with Gasteiger partial charge < -0.3 is 10.4 Å². The Kier molecular flexibility index (Phi) is 4.81. The first kappa shape index (κ1) is 16.8. The van der Waals surface area contributed by atoms with Crippen LogP contribution in [0.5, 0.6) is 0 Å². The molecule has 0 heterocycles. The zero-order valence-electron chi connectivity index (χ0n) is 13.0. The van der Waals surface area contributed by atoms with Crippen molar-refractivity contribution < 1.29 is 14.7 Å². The number of benzene rings is 1. The molecule has 0 radical (unpaired) electrons. The molecule has 0 aliphatic heterocycles. The Morgan fingerprint density at radius 3 is 2.50 bits per heavy atom. The zero-order valence-corrected chi connectivity index (χ0v) is 13.7. The van der Waals surface area contributed by atoms with Gasteiger partial charge in [-0.05, 0) is 51.2 Å². The van der Waals surface area contributed by atoms with Crippen LogP contribution >= 0.6 is 11.6 Å². The maximum Gasteiger partial charge on any atom is 0.309 e. The van der Waals surface area contributed by atoms with E-state index in [9.17, 15) is 9.59 Å². The minimum atomic E-state index is -0.848. The van der Waals surface area contributed by atoms with Crippen molar-refractivity contribution in [1.29, 1.82) is 0 Å². The van der Waals surface area contributed by atoms with Crippen LogP contribution in [-0.4, -0.2) is 23.5 Å². The van der Waals surface area contributed by atoms with Gasteiger partial charge in [0.2, 0.25) is 5.91 Å². The van der Waals surface area contributed by atoms with Gasteiger partial charge in [-0.2, -0.15) is 0 Å². The molecule has 0 saturated heterocycles. The van der Waals surface area contributed by atoms with E-state index in [1.165, 1.54) is 0 Å². The Labute approximate surface area is 135 Å². The molecule has 2 rings (SSSR count). The molecule has 1 aliphatic carbocycles. The summed E-state index contributed by atoms with van der Waals surface area (Å²) >= 11 is 6.16. The molecule has 0 aromatic heterocycles. The molecule has 1 fully saturated rings.